The first-order valence-corrected chi connectivity index (χ1v) is 10.1. The number of ether oxygens (including phenoxy) is 1. The second-order valence-corrected chi connectivity index (χ2v) is 8.37. The number of benzene rings is 2. The molecule has 2 aromatic rings. The lowest BCUT2D eigenvalue weighted by Crippen LogP contribution is -2.43. The predicted molar refractivity (Wildman–Crippen MR) is 110 cm³/mol. The quantitative estimate of drug-likeness (QED) is 0.688. The molecule has 3 rings (SSSR count). The Morgan fingerprint density at radius 1 is 1.04 bits per heavy atom. The van der Waals surface area contributed by atoms with Gasteiger partial charge in [-0.1, -0.05) is 68.4 Å². The summed E-state index contributed by atoms with van der Waals surface area (Å²) < 4.78 is 6.26. The van der Waals surface area contributed by atoms with E-state index >= 15 is 0 Å². The van der Waals surface area contributed by atoms with Crippen LogP contribution in [0.5, 0.6) is 0 Å². The van der Waals surface area contributed by atoms with E-state index in [4.69, 9.17) is 16.3 Å². The van der Waals surface area contributed by atoms with Crippen LogP contribution < -0.4 is 5.32 Å². The number of nitrogens with one attached hydrogen (secondary N) is 1. The van der Waals surface area contributed by atoms with Crippen molar-refractivity contribution >= 4 is 11.6 Å². The van der Waals surface area contributed by atoms with Crippen LogP contribution >= 0.6 is 11.6 Å². The number of piperidine rings is 1. The standard InChI is InChI=1S/C23H30ClNO/c1-22(2,17-24)21-10-6-7-19(15-21)16-26-18-23(11-13-25-14-12-23)20-8-4-3-5-9-20/h3-10,15,25H,11-14,16-18H2,1-2H3. The highest BCUT2D eigenvalue weighted by atomic mass is 35.5. The number of hydrogen-bond acceptors (Lipinski definition) is 2. The first kappa shape index (κ1) is 19.4. The van der Waals surface area contributed by atoms with Crippen LogP contribution in [0.1, 0.15) is 43.4 Å². The summed E-state index contributed by atoms with van der Waals surface area (Å²) in [5, 5.41) is 3.48. The number of halogens is 1. The van der Waals surface area contributed by atoms with Crippen molar-refractivity contribution in [2.75, 3.05) is 25.6 Å². The molecule has 1 saturated heterocycles. The van der Waals surface area contributed by atoms with Crippen LogP contribution in [-0.2, 0) is 22.2 Å². The zero-order valence-electron chi connectivity index (χ0n) is 15.9. The van der Waals surface area contributed by atoms with Crippen molar-refractivity contribution in [1.29, 1.82) is 0 Å². The van der Waals surface area contributed by atoms with E-state index in [1.54, 1.807) is 0 Å². The third-order valence-corrected chi connectivity index (χ3v) is 6.30. The first-order valence-electron chi connectivity index (χ1n) is 9.55. The Kier molecular flexibility index (Phi) is 6.39. The highest BCUT2D eigenvalue weighted by Gasteiger charge is 2.34. The van der Waals surface area contributed by atoms with E-state index in [0.717, 1.165) is 32.5 Å². The van der Waals surface area contributed by atoms with Gasteiger partial charge in [-0.2, -0.15) is 0 Å². The zero-order chi connectivity index (χ0) is 18.5. The van der Waals surface area contributed by atoms with Gasteiger partial charge in [0.2, 0.25) is 0 Å². The van der Waals surface area contributed by atoms with Gasteiger partial charge in [0, 0.05) is 16.7 Å². The summed E-state index contributed by atoms with van der Waals surface area (Å²) in [6.07, 6.45) is 2.24. The lowest BCUT2D eigenvalue weighted by molar-refractivity contribution is 0.0565. The van der Waals surface area contributed by atoms with Gasteiger partial charge in [0.15, 0.2) is 0 Å². The summed E-state index contributed by atoms with van der Waals surface area (Å²) >= 11 is 6.13. The molecule has 0 unspecified atom stereocenters. The number of hydrogen-bond donors (Lipinski definition) is 1. The number of rotatable bonds is 7. The van der Waals surface area contributed by atoms with Crippen molar-refractivity contribution < 1.29 is 4.74 Å². The number of alkyl halides is 1. The molecule has 0 spiro atoms. The topological polar surface area (TPSA) is 21.3 Å². The molecule has 1 aliphatic heterocycles. The fourth-order valence-corrected chi connectivity index (χ4v) is 3.89. The molecule has 0 aliphatic carbocycles. The normalized spacial score (nSPS) is 17.2. The molecule has 0 atom stereocenters. The van der Waals surface area contributed by atoms with Crippen LogP contribution in [0.25, 0.3) is 0 Å². The van der Waals surface area contributed by atoms with E-state index in [2.05, 4.69) is 73.8 Å². The maximum Gasteiger partial charge on any atom is 0.0717 e. The molecule has 1 aliphatic rings. The third kappa shape index (κ3) is 4.49. The Balaban J connectivity index is 1.68. The summed E-state index contributed by atoms with van der Waals surface area (Å²) in [5.41, 5.74) is 4.00. The highest BCUT2D eigenvalue weighted by Crippen LogP contribution is 2.34. The van der Waals surface area contributed by atoms with E-state index in [1.807, 2.05) is 0 Å². The maximum absolute atomic E-state index is 6.26. The van der Waals surface area contributed by atoms with Crippen LogP contribution in [0.4, 0.5) is 0 Å². The van der Waals surface area contributed by atoms with Crippen molar-refractivity contribution in [3.8, 4) is 0 Å². The first-order chi connectivity index (χ1) is 12.6. The van der Waals surface area contributed by atoms with Crippen molar-refractivity contribution in [1.82, 2.24) is 5.32 Å². The molecule has 3 heteroatoms. The molecular formula is C23H30ClNO. The average Bonchev–Trinajstić information content (AvgIpc) is 2.70. The largest absolute Gasteiger partial charge is 0.376 e. The Morgan fingerprint density at radius 3 is 2.46 bits per heavy atom. The van der Waals surface area contributed by atoms with Crippen molar-refractivity contribution in [3.63, 3.8) is 0 Å². The van der Waals surface area contributed by atoms with Gasteiger partial charge < -0.3 is 10.1 Å². The minimum absolute atomic E-state index is 0.0160. The maximum atomic E-state index is 6.26. The lowest BCUT2D eigenvalue weighted by atomic mass is 9.74. The minimum Gasteiger partial charge on any atom is -0.376 e. The Bertz CT molecular complexity index is 692. The van der Waals surface area contributed by atoms with Gasteiger partial charge in [0.25, 0.3) is 0 Å². The predicted octanol–water partition coefficient (Wildman–Crippen LogP) is 5.04. The van der Waals surface area contributed by atoms with Gasteiger partial charge in [-0.25, -0.2) is 0 Å². The van der Waals surface area contributed by atoms with Crippen molar-refractivity contribution in [2.24, 2.45) is 0 Å². The molecule has 0 amide bonds. The monoisotopic (exact) mass is 371 g/mol. The summed E-state index contributed by atoms with van der Waals surface area (Å²) in [6.45, 7) is 7.88. The molecule has 0 saturated carbocycles. The Hall–Kier alpha value is -1.35. The van der Waals surface area contributed by atoms with Crippen LogP contribution in [0.15, 0.2) is 54.6 Å². The molecule has 26 heavy (non-hydrogen) atoms. The van der Waals surface area contributed by atoms with Crippen LogP contribution in [-0.4, -0.2) is 25.6 Å². The lowest BCUT2D eigenvalue weighted by Gasteiger charge is -2.38. The average molecular weight is 372 g/mol. The van der Waals surface area contributed by atoms with Crippen LogP contribution in [0.2, 0.25) is 0 Å². The van der Waals surface area contributed by atoms with Gasteiger partial charge in [0.1, 0.15) is 0 Å². The Morgan fingerprint density at radius 2 is 1.77 bits per heavy atom. The SMILES string of the molecule is CC(C)(CCl)c1cccc(COCC2(c3ccccc3)CCNCC2)c1. The molecule has 2 aromatic carbocycles. The summed E-state index contributed by atoms with van der Waals surface area (Å²) in [6, 6.07) is 19.5. The fraction of sp³-hybridized carbons (Fsp3) is 0.478. The van der Waals surface area contributed by atoms with Crippen LogP contribution in [0.3, 0.4) is 0 Å². The molecule has 0 bridgehead atoms. The summed E-state index contributed by atoms with van der Waals surface area (Å²) in [5.74, 6) is 0.613. The van der Waals surface area contributed by atoms with Gasteiger partial charge in [-0.05, 0) is 42.6 Å². The molecule has 1 heterocycles. The van der Waals surface area contributed by atoms with E-state index in [9.17, 15) is 0 Å². The van der Waals surface area contributed by atoms with Gasteiger partial charge in [-0.3, -0.25) is 0 Å². The molecule has 2 nitrogen and oxygen atoms in total. The fourth-order valence-electron chi connectivity index (χ4n) is 3.74. The van der Waals surface area contributed by atoms with E-state index in [0.29, 0.717) is 12.5 Å². The Labute approximate surface area is 162 Å². The molecule has 140 valence electrons. The van der Waals surface area contributed by atoms with Gasteiger partial charge in [0.05, 0.1) is 13.2 Å². The smallest absolute Gasteiger partial charge is 0.0717 e. The molecule has 0 aromatic heterocycles. The third-order valence-electron chi connectivity index (χ3n) is 5.64. The van der Waals surface area contributed by atoms with Crippen molar-refractivity contribution in [3.05, 3.63) is 71.3 Å². The minimum atomic E-state index is -0.0160. The molecule has 1 fully saturated rings. The van der Waals surface area contributed by atoms with E-state index in [1.165, 1.54) is 16.7 Å². The summed E-state index contributed by atoms with van der Waals surface area (Å²) in [4.78, 5) is 0. The zero-order valence-corrected chi connectivity index (χ0v) is 16.7. The molecule has 0 radical (unpaired) electrons. The molecule has 1 N–H and O–H groups in total. The van der Waals surface area contributed by atoms with E-state index < -0.39 is 0 Å². The highest BCUT2D eigenvalue weighted by molar-refractivity contribution is 6.18. The van der Waals surface area contributed by atoms with E-state index in [-0.39, 0.29) is 10.8 Å². The van der Waals surface area contributed by atoms with Gasteiger partial charge >= 0.3 is 0 Å². The summed E-state index contributed by atoms with van der Waals surface area (Å²) in [7, 11) is 0. The molecular weight excluding hydrogens is 342 g/mol. The van der Waals surface area contributed by atoms with Crippen LogP contribution in [0, 0.1) is 0 Å². The second-order valence-electron chi connectivity index (χ2n) is 8.11. The van der Waals surface area contributed by atoms with Gasteiger partial charge in [-0.15, -0.1) is 11.6 Å². The second kappa shape index (κ2) is 8.56. The van der Waals surface area contributed by atoms with Crippen molar-refractivity contribution in [2.45, 2.75) is 44.1 Å².